The number of carbonyl (C=O) groups is 2. The average Bonchev–Trinajstić information content (AvgIpc) is 2.98. The molecule has 1 aromatic rings. The number of anilines is 1. The van der Waals surface area contributed by atoms with E-state index in [4.69, 9.17) is 9.47 Å². The first-order valence-electron chi connectivity index (χ1n) is 7.88. The quantitative estimate of drug-likeness (QED) is 0.848. The summed E-state index contributed by atoms with van der Waals surface area (Å²) in [6.45, 7) is 7.76. The number of hydrogen-bond acceptors (Lipinski definition) is 5. The molecule has 0 bridgehead atoms. The first-order valence-corrected chi connectivity index (χ1v) is 7.88. The predicted molar refractivity (Wildman–Crippen MR) is 91.6 cm³/mol. The molecule has 2 amide bonds. The van der Waals surface area contributed by atoms with E-state index in [-0.39, 0.29) is 23.8 Å². The van der Waals surface area contributed by atoms with Crippen molar-refractivity contribution in [2.75, 3.05) is 25.2 Å². The molecule has 0 radical (unpaired) electrons. The van der Waals surface area contributed by atoms with Gasteiger partial charge in [0.2, 0.25) is 0 Å². The van der Waals surface area contributed by atoms with Crippen molar-refractivity contribution in [3.8, 4) is 5.75 Å². The van der Waals surface area contributed by atoms with E-state index in [0.717, 1.165) is 10.5 Å². The number of aliphatic hydroxyl groups is 1. The summed E-state index contributed by atoms with van der Waals surface area (Å²) in [5.41, 5.74) is 1.38. The topological polar surface area (TPSA) is 79.3 Å². The van der Waals surface area contributed by atoms with Crippen LogP contribution >= 0.6 is 0 Å². The number of ether oxygens (including phenoxy) is 2. The Morgan fingerprint density at radius 1 is 1.48 bits per heavy atom. The van der Waals surface area contributed by atoms with Gasteiger partial charge in [-0.1, -0.05) is 24.8 Å². The van der Waals surface area contributed by atoms with Crippen molar-refractivity contribution in [1.29, 1.82) is 0 Å². The molecule has 1 aromatic carbocycles. The number of benzene rings is 1. The summed E-state index contributed by atoms with van der Waals surface area (Å²) in [4.78, 5) is 28.2. The number of amides is 2. The van der Waals surface area contributed by atoms with Gasteiger partial charge in [-0.15, -0.1) is 0 Å². The molecule has 2 aliphatic heterocycles. The third-order valence-corrected chi connectivity index (χ3v) is 4.38. The molecule has 0 aromatic heterocycles. The molecule has 1 N–H and O–H groups in total. The molecule has 1 saturated heterocycles. The summed E-state index contributed by atoms with van der Waals surface area (Å²) in [7, 11) is 1.49. The zero-order valence-electron chi connectivity index (χ0n) is 14.0. The highest BCUT2D eigenvalue weighted by Gasteiger charge is 2.45. The molecule has 7 nitrogen and oxygen atoms in total. The first-order chi connectivity index (χ1) is 12.0. The second-order valence-corrected chi connectivity index (χ2v) is 5.99. The second-order valence-electron chi connectivity index (χ2n) is 5.99. The van der Waals surface area contributed by atoms with Crippen molar-refractivity contribution in [2.45, 2.75) is 18.7 Å². The van der Waals surface area contributed by atoms with E-state index >= 15 is 0 Å². The Kier molecular flexibility index (Phi) is 4.50. The lowest BCUT2D eigenvalue weighted by atomic mass is 10.1. The highest BCUT2D eigenvalue weighted by Crippen LogP contribution is 2.37. The molecule has 3 rings (SSSR count). The van der Waals surface area contributed by atoms with Crippen LogP contribution in [0.15, 0.2) is 43.0 Å². The Balaban J connectivity index is 2.12. The zero-order valence-corrected chi connectivity index (χ0v) is 14.0. The maximum Gasteiger partial charge on any atom is 0.416 e. The monoisotopic (exact) mass is 344 g/mol. The molecule has 2 atom stereocenters. The van der Waals surface area contributed by atoms with Crippen LogP contribution < -0.4 is 9.64 Å². The molecular weight excluding hydrogens is 324 g/mol. The van der Waals surface area contributed by atoms with Crippen LogP contribution in [0.5, 0.6) is 5.75 Å². The van der Waals surface area contributed by atoms with Gasteiger partial charge >= 0.3 is 6.09 Å². The number of aliphatic hydroxyl groups excluding tert-OH is 1. The SMILES string of the molecule is C=CCOC(=O)N1c2ccc(OC)cc2C(=O)N2CC(=C)CC2C1O. The van der Waals surface area contributed by atoms with Gasteiger partial charge in [0.1, 0.15) is 12.4 Å². The van der Waals surface area contributed by atoms with Crippen molar-refractivity contribution in [2.24, 2.45) is 0 Å². The summed E-state index contributed by atoms with van der Waals surface area (Å²) < 4.78 is 10.3. The molecule has 132 valence electrons. The number of carbonyl (C=O) groups excluding carboxylic acids is 2. The molecule has 0 spiro atoms. The minimum absolute atomic E-state index is 0.00256. The first kappa shape index (κ1) is 17.0. The van der Waals surface area contributed by atoms with E-state index in [0.29, 0.717) is 18.7 Å². The predicted octanol–water partition coefficient (Wildman–Crippen LogP) is 1.93. The lowest BCUT2D eigenvalue weighted by Crippen LogP contribution is -2.50. The molecule has 0 saturated carbocycles. The molecule has 2 unspecified atom stereocenters. The van der Waals surface area contributed by atoms with E-state index < -0.39 is 18.4 Å². The third kappa shape index (κ3) is 2.87. The van der Waals surface area contributed by atoms with Gasteiger partial charge < -0.3 is 19.5 Å². The van der Waals surface area contributed by atoms with Gasteiger partial charge in [0, 0.05) is 6.54 Å². The van der Waals surface area contributed by atoms with Crippen molar-refractivity contribution in [1.82, 2.24) is 4.90 Å². The Hall–Kier alpha value is -2.80. The minimum Gasteiger partial charge on any atom is -0.497 e. The minimum atomic E-state index is -1.24. The smallest absolute Gasteiger partial charge is 0.416 e. The van der Waals surface area contributed by atoms with Crippen molar-refractivity contribution in [3.63, 3.8) is 0 Å². The van der Waals surface area contributed by atoms with Gasteiger partial charge in [0.15, 0.2) is 6.23 Å². The van der Waals surface area contributed by atoms with Crippen LogP contribution in [0.25, 0.3) is 0 Å². The van der Waals surface area contributed by atoms with Gasteiger partial charge in [-0.3, -0.25) is 4.79 Å². The largest absolute Gasteiger partial charge is 0.497 e. The maximum absolute atomic E-state index is 13.0. The van der Waals surface area contributed by atoms with Crippen molar-refractivity contribution in [3.05, 3.63) is 48.6 Å². The number of hydrogen-bond donors (Lipinski definition) is 1. The van der Waals surface area contributed by atoms with E-state index in [1.807, 2.05) is 0 Å². The Morgan fingerprint density at radius 2 is 2.24 bits per heavy atom. The second kappa shape index (κ2) is 6.60. The van der Waals surface area contributed by atoms with E-state index in [9.17, 15) is 14.7 Å². The van der Waals surface area contributed by atoms with Gasteiger partial charge in [-0.2, -0.15) is 0 Å². The summed E-state index contributed by atoms with van der Waals surface area (Å²) in [6, 6.07) is 4.18. The van der Waals surface area contributed by atoms with Crippen LogP contribution in [0.4, 0.5) is 10.5 Å². The Labute approximate surface area is 145 Å². The average molecular weight is 344 g/mol. The molecule has 25 heavy (non-hydrogen) atoms. The number of fused-ring (bicyclic) bond motifs is 2. The van der Waals surface area contributed by atoms with Gasteiger partial charge in [0.05, 0.1) is 24.4 Å². The summed E-state index contributed by atoms with van der Waals surface area (Å²) in [5, 5.41) is 10.8. The molecule has 7 heteroatoms. The van der Waals surface area contributed by atoms with E-state index in [1.54, 1.807) is 18.2 Å². The fourth-order valence-corrected chi connectivity index (χ4v) is 3.22. The molecule has 0 aliphatic carbocycles. The third-order valence-electron chi connectivity index (χ3n) is 4.38. The summed E-state index contributed by atoms with van der Waals surface area (Å²) >= 11 is 0. The molecule has 2 heterocycles. The van der Waals surface area contributed by atoms with Crippen molar-refractivity contribution >= 4 is 17.7 Å². The van der Waals surface area contributed by atoms with Crippen LogP contribution in [-0.4, -0.2) is 54.5 Å². The van der Waals surface area contributed by atoms with Gasteiger partial charge in [-0.05, 0) is 24.6 Å². The number of rotatable bonds is 3. The van der Waals surface area contributed by atoms with E-state index in [1.165, 1.54) is 18.1 Å². The van der Waals surface area contributed by atoms with Crippen LogP contribution in [0.1, 0.15) is 16.8 Å². The molecule has 2 aliphatic rings. The fourth-order valence-electron chi connectivity index (χ4n) is 3.22. The van der Waals surface area contributed by atoms with Crippen LogP contribution in [-0.2, 0) is 4.74 Å². The zero-order chi connectivity index (χ0) is 18.1. The highest BCUT2D eigenvalue weighted by molar-refractivity contribution is 6.05. The van der Waals surface area contributed by atoms with Crippen LogP contribution in [0.2, 0.25) is 0 Å². The summed E-state index contributed by atoms with van der Waals surface area (Å²) in [5.74, 6) is 0.202. The van der Waals surface area contributed by atoms with Gasteiger partial charge in [0.25, 0.3) is 5.91 Å². The number of methoxy groups -OCH3 is 1. The van der Waals surface area contributed by atoms with Crippen LogP contribution in [0, 0.1) is 0 Å². The van der Waals surface area contributed by atoms with E-state index in [2.05, 4.69) is 13.2 Å². The summed E-state index contributed by atoms with van der Waals surface area (Å²) in [6.07, 6.45) is -0.129. The normalized spacial score (nSPS) is 22.2. The molecule has 1 fully saturated rings. The standard InChI is InChI=1S/C18H20N2O5/c1-4-7-25-18(23)20-14-6-5-12(24-3)9-13(14)16(21)19-10-11(2)8-15(19)17(20)22/h4-6,9,15,17,22H,1-2,7-8,10H2,3H3. The lowest BCUT2D eigenvalue weighted by Gasteiger charge is -2.31. The number of nitrogens with zero attached hydrogens (tertiary/aromatic N) is 2. The molecular formula is C18H20N2O5. The highest BCUT2D eigenvalue weighted by atomic mass is 16.6. The van der Waals surface area contributed by atoms with Crippen LogP contribution in [0.3, 0.4) is 0 Å². The Morgan fingerprint density at radius 3 is 2.92 bits per heavy atom. The lowest BCUT2D eigenvalue weighted by molar-refractivity contribution is 0.0496. The maximum atomic E-state index is 13.0. The van der Waals surface area contributed by atoms with Gasteiger partial charge in [-0.25, -0.2) is 9.69 Å². The Bertz CT molecular complexity index is 745. The van der Waals surface area contributed by atoms with Crippen molar-refractivity contribution < 1.29 is 24.2 Å². The fraction of sp³-hybridized carbons (Fsp3) is 0.333.